The fourth-order valence-corrected chi connectivity index (χ4v) is 4.28. The average Bonchev–Trinajstić information content (AvgIpc) is 3.02. The summed E-state index contributed by atoms with van der Waals surface area (Å²) in [6.45, 7) is 3.56. The summed E-state index contributed by atoms with van der Waals surface area (Å²) in [7, 11) is 3.83. The van der Waals surface area contributed by atoms with E-state index in [1.165, 1.54) is 5.56 Å². The molecule has 0 saturated carbocycles. The van der Waals surface area contributed by atoms with Crippen LogP contribution in [-0.2, 0) is 11.2 Å². The molecule has 7 heteroatoms. The Bertz CT molecular complexity index is 771. The minimum absolute atomic E-state index is 0.0263. The van der Waals surface area contributed by atoms with Gasteiger partial charge in [0.05, 0.1) is 12.8 Å². The fraction of sp³-hybridized carbons (Fsp3) is 0.524. The second-order valence-corrected chi connectivity index (χ2v) is 7.77. The topological polar surface area (TPSA) is 67.6 Å². The Morgan fingerprint density at radius 1 is 1.39 bits per heavy atom. The Balaban J connectivity index is 1.58. The molecule has 2 atom stereocenters. The Morgan fingerprint density at radius 2 is 2.14 bits per heavy atom. The van der Waals surface area contributed by atoms with E-state index in [-0.39, 0.29) is 17.2 Å². The van der Waals surface area contributed by atoms with Crippen molar-refractivity contribution in [2.75, 3.05) is 27.2 Å². The number of benzene rings is 1. The molecule has 2 unspecified atom stereocenters. The van der Waals surface area contributed by atoms with Gasteiger partial charge in [0, 0.05) is 24.6 Å². The molecule has 1 aromatic heterocycles. The summed E-state index contributed by atoms with van der Waals surface area (Å²) < 4.78 is 10.2. The van der Waals surface area contributed by atoms with Crippen LogP contribution in [0.25, 0.3) is 0 Å². The van der Waals surface area contributed by atoms with Crippen LogP contribution in [0.4, 0.5) is 0 Å². The summed E-state index contributed by atoms with van der Waals surface area (Å²) in [5, 5.41) is 7.21. The van der Waals surface area contributed by atoms with Crippen molar-refractivity contribution in [1.82, 2.24) is 15.4 Å². The standard InChI is InChI=1S/C21H28ClN3O3/c1-14-18(21(22)28-24-14)10-11-19(26)23-13-16-5-4-12-25(2)20(16)15-6-8-17(27-3)9-7-15/h6-9,16,20H,4-5,10-13H2,1-3H3,(H,23,26). The van der Waals surface area contributed by atoms with Crippen molar-refractivity contribution in [3.05, 3.63) is 46.3 Å². The van der Waals surface area contributed by atoms with E-state index in [1.807, 2.05) is 19.1 Å². The van der Waals surface area contributed by atoms with Gasteiger partial charge in [0.2, 0.25) is 11.1 Å². The predicted octanol–water partition coefficient (Wildman–Crippen LogP) is 3.78. The summed E-state index contributed by atoms with van der Waals surface area (Å²) in [6, 6.07) is 8.53. The number of piperidine rings is 1. The third-order valence-electron chi connectivity index (χ3n) is 5.56. The number of carbonyl (C=O) groups excluding carboxylic acids is 1. The van der Waals surface area contributed by atoms with E-state index < -0.39 is 0 Å². The van der Waals surface area contributed by atoms with Crippen LogP contribution in [0, 0.1) is 12.8 Å². The number of nitrogens with zero attached hydrogens (tertiary/aromatic N) is 2. The van der Waals surface area contributed by atoms with Crippen LogP contribution in [-0.4, -0.2) is 43.2 Å². The highest BCUT2D eigenvalue weighted by Gasteiger charge is 2.30. The third-order valence-corrected chi connectivity index (χ3v) is 5.86. The number of hydrogen-bond donors (Lipinski definition) is 1. The maximum absolute atomic E-state index is 12.4. The molecule has 1 aliphatic heterocycles. The predicted molar refractivity (Wildman–Crippen MR) is 109 cm³/mol. The summed E-state index contributed by atoms with van der Waals surface area (Å²) >= 11 is 5.98. The largest absolute Gasteiger partial charge is 0.497 e. The molecule has 0 aliphatic carbocycles. The van der Waals surface area contributed by atoms with Gasteiger partial charge in [-0.25, -0.2) is 0 Å². The molecule has 0 bridgehead atoms. The van der Waals surface area contributed by atoms with Crippen molar-refractivity contribution in [1.29, 1.82) is 0 Å². The summed E-state index contributed by atoms with van der Waals surface area (Å²) in [5.74, 6) is 1.25. The maximum atomic E-state index is 12.4. The Kier molecular flexibility index (Phi) is 6.97. The molecule has 152 valence electrons. The zero-order valence-electron chi connectivity index (χ0n) is 16.7. The van der Waals surface area contributed by atoms with Gasteiger partial charge >= 0.3 is 0 Å². The van der Waals surface area contributed by atoms with Gasteiger partial charge in [0.25, 0.3) is 0 Å². The van der Waals surface area contributed by atoms with Crippen molar-refractivity contribution in [2.45, 2.75) is 38.6 Å². The number of nitrogens with one attached hydrogen (secondary N) is 1. The van der Waals surface area contributed by atoms with Gasteiger partial charge in [0.1, 0.15) is 5.75 Å². The monoisotopic (exact) mass is 405 g/mol. The number of methoxy groups -OCH3 is 1. The number of likely N-dealkylation sites (tertiary alicyclic amines) is 1. The number of carbonyl (C=O) groups is 1. The molecule has 0 spiro atoms. The van der Waals surface area contributed by atoms with Gasteiger partial charge in [-0.15, -0.1) is 0 Å². The normalized spacial score (nSPS) is 20.1. The number of hydrogen-bond acceptors (Lipinski definition) is 5. The highest BCUT2D eigenvalue weighted by molar-refractivity contribution is 6.29. The molecule has 2 heterocycles. The number of rotatable bonds is 7. The van der Waals surface area contributed by atoms with Gasteiger partial charge in [-0.2, -0.15) is 0 Å². The van der Waals surface area contributed by atoms with E-state index in [1.54, 1.807) is 7.11 Å². The van der Waals surface area contributed by atoms with Crippen LogP contribution in [0.2, 0.25) is 5.22 Å². The van der Waals surface area contributed by atoms with E-state index in [4.69, 9.17) is 20.9 Å². The second kappa shape index (κ2) is 9.43. The smallest absolute Gasteiger partial charge is 0.229 e. The van der Waals surface area contributed by atoms with Crippen LogP contribution in [0.3, 0.4) is 0 Å². The van der Waals surface area contributed by atoms with E-state index in [2.05, 4.69) is 34.6 Å². The summed E-state index contributed by atoms with van der Waals surface area (Å²) in [4.78, 5) is 14.8. The quantitative estimate of drug-likeness (QED) is 0.759. The van der Waals surface area contributed by atoms with E-state index in [0.29, 0.717) is 25.3 Å². The molecule has 1 aliphatic rings. The molecular formula is C21H28ClN3O3. The molecule has 1 N–H and O–H groups in total. The zero-order chi connectivity index (χ0) is 20.1. The Hall–Kier alpha value is -2.05. The van der Waals surface area contributed by atoms with E-state index >= 15 is 0 Å². The number of ether oxygens (including phenoxy) is 1. The van der Waals surface area contributed by atoms with Crippen LogP contribution in [0.15, 0.2) is 28.8 Å². The molecule has 1 saturated heterocycles. The summed E-state index contributed by atoms with van der Waals surface area (Å²) in [5.41, 5.74) is 2.81. The maximum Gasteiger partial charge on any atom is 0.229 e. The number of amides is 1. The Morgan fingerprint density at radius 3 is 2.79 bits per heavy atom. The van der Waals surface area contributed by atoms with Crippen LogP contribution >= 0.6 is 11.6 Å². The lowest BCUT2D eigenvalue weighted by molar-refractivity contribution is -0.121. The molecule has 1 amide bonds. The van der Waals surface area contributed by atoms with Crippen LogP contribution in [0.5, 0.6) is 5.75 Å². The molecular weight excluding hydrogens is 378 g/mol. The highest BCUT2D eigenvalue weighted by atomic mass is 35.5. The van der Waals surface area contributed by atoms with Crippen LogP contribution in [0.1, 0.15) is 42.1 Å². The number of halogens is 1. The van der Waals surface area contributed by atoms with Gasteiger partial charge in [-0.1, -0.05) is 17.3 Å². The average molecular weight is 406 g/mol. The lowest BCUT2D eigenvalue weighted by Gasteiger charge is -2.39. The van der Waals surface area contributed by atoms with Gasteiger partial charge in [0.15, 0.2) is 0 Å². The molecule has 28 heavy (non-hydrogen) atoms. The molecule has 1 fully saturated rings. The first-order valence-corrected chi connectivity index (χ1v) is 10.1. The van der Waals surface area contributed by atoms with E-state index in [9.17, 15) is 4.79 Å². The van der Waals surface area contributed by atoms with E-state index in [0.717, 1.165) is 36.4 Å². The van der Waals surface area contributed by atoms with Crippen molar-refractivity contribution >= 4 is 17.5 Å². The van der Waals surface area contributed by atoms with Crippen molar-refractivity contribution < 1.29 is 14.1 Å². The van der Waals surface area contributed by atoms with Crippen molar-refractivity contribution in [2.24, 2.45) is 5.92 Å². The minimum atomic E-state index is 0.0263. The zero-order valence-corrected chi connectivity index (χ0v) is 17.5. The first kappa shape index (κ1) is 20.7. The van der Waals surface area contributed by atoms with Crippen molar-refractivity contribution in [3.63, 3.8) is 0 Å². The Labute approximate surface area is 171 Å². The van der Waals surface area contributed by atoms with Gasteiger partial charge < -0.3 is 14.6 Å². The molecule has 3 rings (SSSR count). The number of aryl methyl sites for hydroxylation is 1. The molecule has 6 nitrogen and oxygen atoms in total. The molecule has 0 radical (unpaired) electrons. The fourth-order valence-electron chi connectivity index (χ4n) is 4.01. The molecule has 1 aromatic carbocycles. The SMILES string of the molecule is COc1ccc(C2C(CNC(=O)CCc3c(C)noc3Cl)CCCN2C)cc1. The highest BCUT2D eigenvalue weighted by Crippen LogP contribution is 2.35. The van der Waals surface area contributed by atoms with Crippen molar-refractivity contribution in [3.8, 4) is 5.75 Å². The molecule has 2 aromatic rings. The second-order valence-electron chi connectivity index (χ2n) is 7.43. The third kappa shape index (κ3) is 4.86. The van der Waals surface area contributed by atoms with Crippen LogP contribution < -0.4 is 10.1 Å². The first-order valence-electron chi connectivity index (χ1n) is 9.71. The number of aromatic nitrogens is 1. The first-order chi connectivity index (χ1) is 13.5. The summed E-state index contributed by atoms with van der Waals surface area (Å²) in [6.07, 6.45) is 3.14. The minimum Gasteiger partial charge on any atom is -0.497 e. The van der Waals surface area contributed by atoms with Gasteiger partial charge in [-0.05, 0) is 75.0 Å². The lowest BCUT2D eigenvalue weighted by atomic mass is 9.85. The van der Waals surface area contributed by atoms with Gasteiger partial charge in [-0.3, -0.25) is 9.69 Å². The lowest BCUT2D eigenvalue weighted by Crippen LogP contribution is -2.41.